The van der Waals surface area contributed by atoms with Gasteiger partial charge in [-0.05, 0) is 36.2 Å². The molecule has 0 radical (unpaired) electrons. The van der Waals surface area contributed by atoms with Crippen LogP contribution in [0.1, 0.15) is 28.8 Å². The molecule has 6 nitrogen and oxygen atoms in total. The molecule has 1 saturated heterocycles. The number of carbonyl (C=O) groups excluding carboxylic acids is 2. The van der Waals surface area contributed by atoms with Crippen LogP contribution < -0.4 is 19.7 Å². The summed E-state index contributed by atoms with van der Waals surface area (Å²) in [4.78, 5) is 26.0. The van der Waals surface area contributed by atoms with Gasteiger partial charge in [0.25, 0.3) is 5.91 Å². The van der Waals surface area contributed by atoms with Crippen LogP contribution in [0.4, 0.5) is 14.5 Å². The first kappa shape index (κ1) is 19.6. The molecular weight excluding hydrogens is 370 g/mol. The van der Waals surface area contributed by atoms with Crippen LogP contribution in [0.25, 0.3) is 0 Å². The number of alkyl halides is 2. The monoisotopic (exact) mass is 390 g/mol. The number of methoxy groups -OCH3 is 1. The zero-order valence-corrected chi connectivity index (χ0v) is 15.3. The van der Waals surface area contributed by atoms with Crippen LogP contribution in [0.5, 0.6) is 11.5 Å². The lowest BCUT2D eigenvalue weighted by molar-refractivity contribution is -0.117. The molecule has 1 N–H and O–H groups in total. The van der Waals surface area contributed by atoms with E-state index in [-0.39, 0.29) is 29.5 Å². The number of halogens is 2. The normalized spacial score (nSPS) is 13.7. The molecule has 0 aromatic heterocycles. The zero-order chi connectivity index (χ0) is 20.1. The van der Waals surface area contributed by atoms with E-state index in [1.165, 1.54) is 25.3 Å². The predicted molar refractivity (Wildman–Crippen MR) is 98.8 cm³/mol. The van der Waals surface area contributed by atoms with Crippen LogP contribution in [0, 0.1) is 0 Å². The molecule has 0 aliphatic carbocycles. The summed E-state index contributed by atoms with van der Waals surface area (Å²) in [5, 5.41) is 2.68. The third-order valence-electron chi connectivity index (χ3n) is 4.42. The van der Waals surface area contributed by atoms with E-state index < -0.39 is 12.5 Å². The standard InChI is InChI=1S/C20H20F2N2O4/c1-27-16-5-2-4-15(18(16)28-20(21)22)19(26)23-12-13-7-9-14(10-8-13)24-11-3-6-17(24)25/h2,4-5,7-10,20H,3,6,11-12H2,1H3,(H,23,26). The number of para-hydroxylation sites is 1. The molecule has 2 amide bonds. The van der Waals surface area contributed by atoms with E-state index in [9.17, 15) is 18.4 Å². The molecule has 0 spiro atoms. The highest BCUT2D eigenvalue weighted by molar-refractivity contribution is 5.98. The summed E-state index contributed by atoms with van der Waals surface area (Å²) in [5.41, 5.74) is 1.58. The summed E-state index contributed by atoms with van der Waals surface area (Å²) in [5.74, 6) is -0.716. The molecular formula is C20H20F2N2O4. The molecule has 2 aromatic rings. The fourth-order valence-electron chi connectivity index (χ4n) is 3.06. The number of rotatable bonds is 7. The van der Waals surface area contributed by atoms with Gasteiger partial charge in [0.05, 0.1) is 12.7 Å². The summed E-state index contributed by atoms with van der Waals surface area (Å²) in [7, 11) is 1.31. The van der Waals surface area contributed by atoms with Crippen LogP contribution >= 0.6 is 0 Å². The number of hydrogen-bond acceptors (Lipinski definition) is 4. The summed E-state index contributed by atoms with van der Waals surface area (Å²) in [6, 6.07) is 11.6. The maximum atomic E-state index is 12.7. The van der Waals surface area contributed by atoms with Crippen LogP contribution in [0.2, 0.25) is 0 Å². The first-order valence-electron chi connectivity index (χ1n) is 8.79. The molecule has 0 unspecified atom stereocenters. The van der Waals surface area contributed by atoms with Gasteiger partial charge in [0.15, 0.2) is 11.5 Å². The van der Waals surface area contributed by atoms with Crippen LogP contribution in [0.15, 0.2) is 42.5 Å². The Morgan fingerprint density at radius 3 is 2.57 bits per heavy atom. The van der Waals surface area contributed by atoms with Gasteiger partial charge in [-0.3, -0.25) is 9.59 Å². The molecule has 2 aromatic carbocycles. The number of hydrogen-bond donors (Lipinski definition) is 1. The van der Waals surface area contributed by atoms with Crippen molar-refractivity contribution in [3.8, 4) is 11.5 Å². The lowest BCUT2D eigenvalue weighted by atomic mass is 10.1. The molecule has 1 aliphatic rings. The van der Waals surface area contributed by atoms with Crippen molar-refractivity contribution >= 4 is 17.5 Å². The number of amides is 2. The third-order valence-corrected chi connectivity index (χ3v) is 4.42. The lowest BCUT2D eigenvalue weighted by Crippen LogP contribution is -2.25. The maximum Gasteiger partial charge on any atom is 0.387 e. The highest BCUT2D eigenvalue weighted by atomic mass is 19.3. The summed E-state index contributed by atoms with van der Waals surface area (Å²) in [6.45, 7) is -2.18. The van der Waals surface area contributed by atoms with Crippen LogP contribution in [0.3, 0.4) is 0 Å². The van der Waals surface area contributed by atoms with Crippen molar-refractivity contribution in [3.63, 3.8) is 0 Å². The van der Waals surface area contributed by atoms with Gasteiger partial charge in [-0.15, -0.1) is 0 Å². The Labute approximate surface area is 161 Å². The Bertz CT molecular complexity index is 856. The van der Waals surface area contributed by atoms with Gasteiger partial charge >= 0.3 is 6.61 Å². The Hall–Kier alpha value is -3.16. The van der Waals surface area contributed by atoms with Crippen LogP contribution in [-0.2, 0) is 11.3 Å². The Balaban J connectivity index is 1.68. The molecule has 0 saturated carbocycles. The third kappa shape index (κ3) is 4.39. The van der Waals surface area contributed by atoms with Gasteiger partial charge in [0.1, 0.15) is 0 Å². The van der Waals surface area contributed by atoms with Crippen molar-refractivity contribution in [2.75, 3.05) is 18.6 Å². The predicted octanol–water partition coefficient (Wildman–Crippen LogP) is 3.35. The number of nitrogens with one attached hydrogen (secondary N) is 1. The van der Waals surface area contributed by atoms with Gasteiger partial charge in [0, 0.05) is 25.2 Å². The fourth-order valence-corrected chi connectivity index (χ4v) is 3.06. The molecule has 1 fully saturated rings. The number of ether oxygens (including phenoxy) is 2. The van der Waals surface area contributed by atoms with E-state index in [0.717, 1.165) is 17.7 Å². The van der Waals surface area contributed by atoms with Gasteiger partial charge in [-0.25, -0.2) is 0 Å². The van der Waals surface area contributed by atoms with Crippen molar-refractivity contribution in [1.29, 1.82) is 0 Å². The molecule has 1 heterocycles. The van der Waals surface area contributed by atoms with E-state index in [4.69, 9.17) is 4.74 Å². The molecule has 1 aliphatic heterocycles. The minimum atomic E-state index is -3.08. The van der Waals surface area contributed by atoms with Crippen LogP contribution in [-0.4, -0.2) is 32.1 Å². The second kappa shape index (κ2) is 8.69. The van der Waals surface area contributed by atoms with Gasteiger partial charge in [-0.1, -0.05) is 18.2 Å². The lowest BCUT2D eigenvalue weighted by Gasteiger charge is -2.16. The number of anilines is 1. The molecule has 0 atom stereocenters. The van der Waals surface area contributed by atoms with E-state index >= 15 is 0 Å². The Morgan fingerprint density at radius 2 is 1.96 bits per heavy atom. The molecule has 8 heteroatoms. The summed E-state index contributed by atoms with van der Waals surface area (Å²) < 4.78 is 34.8. The second-order valence-corrected chi connectivity index (χ2v) is 6.21. The van der Waals surface area contributed by atoms with Crippen molar-refractivity contribution in [3.05, 3.63) is 53.6 Å². The van der Waals surface area contributed by atoms with Gasteiger partial charge < -0.3 is 19.7 Å². The van der Waals surface area contributed by atoms with E-state index in [0.29, 0.717) is 13.0 Å². The first-order chi connectivity index (χ1) is 13.5. The van der Waals surface area contributed by atoms with Crippen molar-refractivity contribution in [2.24, 2.45) is 0 Å². The zero-order valence-electron chi connectivity index (χ0n) is 15.3. The highest BCUT2D eigenvalue weighted by Crippen LogP contribution is 2.32. The number of benzene rings is 2. The summed E-state index contributed by atoms with van der Waals surface area (Å²) >= 11 is 0. The molecule has 148 valence electrons. The Morgan fingerprint density at radius 1 is 1.21 bits per heavy atom. The number of nitrogens with zero attached hydrogens (tertiary/aromatic N) is 1. The first-order valence-corrected chi connectivity index (χ1v) is 8.79. The van der Waals surface area contributed by atoms with Gasteiger partial charge in [-0.2, -0.15) is 8.78 Å². The second-order valence-electron chi connectivity index (χ2n) is 6.21. The average molecular weight is 390 g/mol. The topological polar surface area (TPSA) is 67.9 Å². The quantitative estimate of drug-likeness (QED) is 0.787. The maximum absolute atomic E-state index is 12.7. The van der Waals surface area contributed by atoms with E-state index in [1.54, 1.807) is 4.90 Å². The molecule has 3 rings (SSSR count). The van der Waals surface area contributed by atoms with E-state index in [2.05, 4.69) is 10.1 Å². The largest absolute Gasteiger partial charge is 0.493 e. The average Bonchev–Trinajstić information content (AvgIpc) is 3.12. The Kier molecular flexibility index (Phi) is 6.08. The molecule has 28 heavy (non-hydrogen) atoms. The molecule has 0 bridgehead atoms. The minimum Gasteiger partial charge on any atom is -0.493 e. The smallest absolute Gasteiger partial charge is 0.387 e. The summed E-state index contributed by atoms with van der Waals surface area (Å²) in [6.07, 6.45) is 1.40. The minimum absolute atomic E-state index is 0.0427. The van der Waals surface area contributed by atoms with Crippen molar-refractivity contribution < 1.29 is 27.8 Å². The fraction of sp³-hybridized carbons (Fsp3) is 0.300. The van der Waals surface area contributed by atoms with E-state index in [1.807, 2.05) is 24.3 Å². The number of carbonyl (C=O) groups is 2. The highest BCUT2D eigenvalue weighted by Gasteiger charge is 2.22. The SMILES string of the molecule is COc1cccc(C(=O)NCc2ccc(N3CCCC3=O)cc2)c1OC(F)F. The van der Waals surface area contributed by atoms with Crippen molar-refractivity contribution in [2.45, 2.75) is 26.0 Å². The van der Waals surface area contributed by atoms with Gasteiger partial charge in [0.2, 0.25) is 5.91 Å². The van der Waals surface area contributed by atoms with Crippen molar-refractivity contribution in [1.82, 2.24) is 5.32 Å².